The van der Waals surface area contributed by atoms with Crippen LogP contribution in [0.25, 0.3) is 0 Å². The number of furan rings is 1. The van der Waals surface area contributed by atoms with Crippen LogP contribution in [0.1, 0.15) is 11.6 Å². The van der Waals surface area contributed by atoms with Crippen molar-refractivity contribution in [2.75, 3.05) is 24.9 Å². The minimum Gasteiger partial charge on any atom is -0.495 e. The molecule has 1 aromatic carbocycles. The lowest BCUT2D eigenvalue weighted by Crippen LogP contribution is -2.05. The van der Waals surface area contributed by atoms with E-state index >= 15 is 0 Å². The van der Waals surface area contributed by atoms with Gasteiger partial charge in [0.05, 0.1) is 37.7 Å². The molecule has 0 aliphatic heterocycles. The van der Waals surface area contributed by atoms with E-state index in [4.69, 9.17) is 25.5 Å². The van der Waals surface area contributed by atoms with Crippen LogP contribution in [-0.2, 0) is 6.54 Å². The summed E-state index contributed by atoms with van der Waals surface area (Å²) in [6.07, 6.45) is 1.63. The highest BCUT2D eigenvalue weighted by molar-refractivity contribution is 6.32. The van der Waals surface area contributed by atoms with Crippen LogP contribution in [0.3, 0.4) is 0 Å². The molecular formula is C18H19ClN4O3. The van der Waals surface area contributed by atoms with Gasteiger partial charge in [0.1, 0.15) is 34.7 Å². The van der Waals surface area contributed by atoms with E-state index in [1.807, 2.05) is 19.1 Å². The number of rotatable bonds is 7. The summed E-state index contributed by atoms with van der Waals surface area (Å²) in [7, 11) is 3.13. The number of aryl methyl sites for hydroxylation is 1. The number of benzene rings is 1. The number of anilines is 3. The van der Waals surface area contributed by atoms with Crippen molar-refractivity contribution in [3.63, 3.8) is 0 Å². The van der Waals surface area contributed by atoms with E-state index in [1.54, 1.807) is 38.7 Å². The molecule has 136 valence electrons. The number of hydrogen-bond donors (Lipinski definition) is 2. The number of nitrogens with one attached hydrogen (secondary N) is 2. The van der Waals surface area contributed by atoms with E-state index in [-0.39, 0.29) is 0 Å². The fraction of sp³-hybridized carbons (Fsp3) is 0.222. The summed E-state index contributed by atoms with van der Waals surface area (Å²) in [5.74, 6) is 3.85. The van der Waals surface area contributed by atoms with Crippen molar-refractivity contribution in [1.82, 2.24) is 9.97 Å². The second kappa shape index (κ2) is 7.97. The van der Waals surface area contributed by atoms with E-state index in [0.29, 0.717) is 46.2 Å². The number of halogens is 1. The van der Waals surface area contributed by atoms with Crippen molar-refractivity contribution in [3.05, 3.63) is 53.2 Å². The summed E-state index contributed by atoms with van der Waals surface area (Å²) in [6.45, 7) is 2.35. The fourth-order valence-electron chi connectivity index (χ4n) is 2.41. The highest BCUT2D eigenvalue weighted by Gasteiger charge is 2.12. The van der Waals surface area contributed by atoms with Gasteiger partial charge in [0.25, 0.3) is 0 Å². The SMILES string of the molecule is COc1cc(Nc2cc(NCc3ccco3)nc(C)n2)c(OC)cc1Cl. The van der Waals surface area contributed by atoms with Crippen LogP contribution in [0.15, 0.2) is 41.0 Å². The molecule has 0 spiro atoms. The van der Waals surface area contributed by atoms with Crippen LogP contribution in [0, 0.1) is 6.92 Å². The van der Waals surface area contributed by atoms with Gasteiger partial charge in [-0.15, -0.1) is 0 Å². The van der Waals surface area contributed by atoms with Crippen LogP contribution in [0.4, 0.5) is 17.3 Å². The van der Waals surface area contributed by atoms with Gasteiger partial charge in [0, 0.05) is 18.2 Å². The maximum Gasteiger partial charge on any atom is 0.144 e. The zero-order valence-corrected chi connectivity index (χ0v) is 15.4. The van der Waals surface area contributed by atoms with Gasteiger partial charge in [0.2, 0.25) is 0 Å². The third-order valence-electron chi connectivity index (χ3n) is 3.60. The van der Waals surface area contributed by atoms with E-state index in [1.165, 1.54) is 0 Å². The van der Waals surface area contributed by atoms with Crippen LogP contribution in [-0.4, -0.2) is 24.2 Å². The molecule has 0 aliphatic rings. The van der Waals surface area contributed by atoms with Crippen molar-refractivity contribution < 1.29 is 13.9 Å². The maximum absolute atomic E-state index is 6.15. The summed E-state index contributed by atoms with van der Waals surface area (Å²) < 4.78 is 16.0. The number of methoxy groups -OCH3 is 2. The first-order chi connectivity index (χ1) is 12.6. The Morgan fingerprint density at radius 2 is 1.85 bits per heavy atom. The molecule has 0 saturated carbocycles. The molecule has 0 atom stereocenters. The quantitative estimate of drug-likeness (QED) is 0.634. The topological polar surface area (TPSA) is 81.4 Å². The zero-order chi connectivity index (χ0) is 18.5. The second-order valence-electron chi connectivity index (χ2n) is 5.43. The lowest BCUT2D eigenvalue weighted by molar-refractivity contribution is 0.405. The largest absolute Gasteiger partial charge is 0.495 e. The highest BCUT2D eigenvalue weighted by Crippen LogP contribution is 2.37. The molecule has 3 aromatic rings. The predicted octanol–water partition coefficient (Wildman–Crippen LogP) is 4.40. The normalized spacial score (nSPS) is 10.5. The van der Waals surface area contributed by atoms with Gasteiger partial charge in [-0.3, -0.25) is 0 Å². The lowest BCUT2D eigenvalue weighted by atomic mass is 10.2. The Morgan fingerprint density at radius 3 is 2.54 bits per heavy atom. The second-order valence-corrected chi connectivity index (χ2v) is 5.84. The average molecular weight is 375 g/mol. The van der Waals surface area contributed by atoms with Gasteiger partial charge >= 0.3 is 0 Å². The lowest BCUT2D eigenvalue weighted by Gasteiger charge is -2.14. The minimum absolute atomic E-state index is 0.467. The van der Waals surface area contributed by atoms with Gasteiger partial charge in [-0.05, 0) is 19.1 Å². The molecule has 8 heteroatoms. The molecule has 0 saturated heterocycles. The van der Waals surface area contributed by atoms with Crippen LogP contribution < -0.4 is 20.1 Å². The Balaban J connectivity index is 1.83. The molecule has 3 rings (SSSR count). The first-order valence-corrected chi connectivity index (χ1v) is 8.27. The summed E-state index contributed by atoms with van der Waals surface area (Å²) in [6, 6.07) is 8.98. The van der Waals surface area contributed by atoms with Crippen molar-refractivity contribution in [2.24, 2.45) is 0 Å². The Kier molecular flexibility index (Phi) is 5.48. The Hall–Kier alpha value is -2.93. The Morgan fingerprint density at radius 1 is 1.08 bits per heavy atom. The van der Waals surface area contributed by atoms with E-state index in [9.17, 15) is 0 Å². The monoisotopic (exact) mass is 374 g/mol. The summed E-state index contributed by atoms with van der Waals surface area (Å²) >= 11 is 6.15. The smallest absolute Gasteiger partial charge is 0.144 e. The third kappa shape index (κ3) is 4.18. The molecule has 0 unspecified atom stereocenters. The van der Waals surface area contributed by atoms with Crippen LogP contribution in [0.5, 0.6) is 11.5 Å². The minimum atomic E-state index is 0.467. The molecule has 0 amide bonds. The molecule has 0 radical (unpaired) electrons. The van der Waals surface area contributed by atoms with Crippen molar-refractivity contribution in [1.29, 1.82) is 0 Å². The standard InChI is InChI=1S/C18H19ClN4O3/c1-11-21-17(20-10-12-5-4-6-26-12)9-18(22-11)23-14-8-15(24-2)13(19)7-16(14)25-3/h4-9H,10H2,1-3H3,(H2,20,21,22,23). The van der Waals surface area contributed by atoms with E-state index in [0.717, 1.165) is 5.76 Å². The van der Waals surface area contributed by atoms with Crippen LogP contribution in [0.2, 0.25) is 5.02 Å². The molecule has 0 fully saturated rings. The summed E-state index contributed by atoms with van der Waals surface area (Å²) in [5.41, 5.74) is 0.684. The van der Waals surface area contributed by atoms with Crippen molar-refractivity contribution in [3.8, 4) is 11.5 Å². The Labute approximate surface area is 156 Å². The zero-order valence-electron chi connectivity index (χ0n) is 14.7. The molecule has 2 heterocycles. The van der Waals surface area contributed by atoms with Gasteiger partial charge in [0.15, 0.2) is 0 Å². The number of ether oxygens (including phenoxy) is 2. The molecular weight excluding hydrogens is 356 g/mol. The molecule has 0 aliphatic carbocycles. The van der Waals surface area contributed by atoms with Crippen molar-refractivity contribution in [2.45, 2.75) is 13.5 Å². The first kappa shape index (κ1) is 17.9. The Bertz CT molecular complexity index is 884. The molecule has 2 N–H and O–H groups in total. The van der Waals surface area contributed by atoms with Crippen LogP contribution >= 0.6 is 11.6 Å². The maximum atomic E-state index is 6.15. The third-order valence-corrected chi connectivity index (χ3v) is 3.89. The number of aromatic nitrogens is 2. The number of hydrogen-bond acceptors (Lipinski definition) is 7. The molecule has 7 nitrogen and oxygen atoms in total. The first-order valence-electron chi connectivity index (χ1n) is 7.89. The number of nitrogens with zero attached hydrogens (tertiary/aromatic N) is 2. The molecule has 2 aromatic heterocycles. The van der Waals surface area contributed by atoms with E-state index in [2.05, 4.69) is 20.6 Å². The molecule has 0 bridgehead atoms. The fourth-order valence-corrected chi connectivity index (χ4v) is 2.64. The van der Waals surface area contributed by atoms with Gasteiger partial charge < -0.3 is 24.5 Å². The van der Waals surface area contributed by atoms with Gasteiger partial charge in [-0.25, -0.2) is 9.97 Å². The summed E-state index contributed by atoms with van der Waals surface area (Å²) in [5, 5.41) is 6.90. The average Bonchev–Trinajstić information content (AvgIpc) is 3.14. The van der Waals surface area contributed by atoms with Gasteiger partial charge in [-0.1, -0.05) is 11.6 Å². The molecule has 26 heavy (non-hydrogen) atoms. The highest BCUT2D eigenvalue weighted by atomic mass is 35.5. The van der Waals surface area contributed by atoms with Crippen molar-refractivity contribution >= 4 is 28.9 Å². The predicted molar refractivity (Wildman–Crippen MR) is 101 cm³/mol. The van der Waals surface area contributed by atoms with Gasteiger partial charge in [-0.2, -0.15) is 0 Å². The summed E-state index contributed by atoms with van der Waals surface area (Å²) in [4.78, 5) is 8.80. The van der Waals surface area contributed by atoms with E-state index < -0.39 is 0 Å².